The molecule has 1 fully saturated rings. The first-order chi connectivity index (χ1) is 16.9. The van der Waals surface area contributed by atoms with Gasteiger partial charge < -0.3 is 26.4 Å². The number of carbonyl (C=O) groups is 2. The highest BCUT2D eigenvalue weighted by Gasteiger charge is 2.48. The van der Waals surface area contributed by atoms with Gasteiger partial charge in [0.1, 0.15) is 5.41 Å². The molecule has 8 nitrogen and oxygen atoms in total. The van der Waals surface area contributed by atoms with Crippen molar-refractivity contribution in [1.29, 1.82) is 0 Å². The van der Waals surface area contributed by atoms with Gasteiger partial charge in [0.2, 0.25) is 11.8 Å². The fraction of sp³-hybridized carbons (Fsp3) is 0.423. The third-order valence-electron chi connectivity index (χ3n) is 6.82. The molecule has 2 aromatic carbocycles. The largest absolute Gasteiger partial charge is 0.370 e. The minimum atomic E-state index is -1.05. The predicted octanol–water partition coefficient (Wildman–Crippen LogP) is 3.08. The molecule has 4 rings (SSSR count). The number of nitrogens with zero attached hydrogens (tertiary/aromatic N) is 2. The predicted molar refractivity (Wildman–Crippen MR) is 141 cm³/mol. The monoisotopic (exact) mass is 494 g/mol. The van der Waals surface area contributed by atoms with Gasteiger partial charge in [0.15, 0.2) is 5.96 Å². The van der Waals surface area contributed by atoms with Crippen molar-refractivity contribution in [3.8, 4) is 0 Å². The van der Waals surface area contributed by atoms with Crippen molar-refractivity contribution in [2.75, 3.05) is 24.4 Å². The van der Waals surface area contributed by atoms with Crippen LogP contribution < -0.4 is 26.4 Å². The molecule has 0 radical (unpaired) electrons. The number of nitrogens with one attached hydrogen (secondary N) is 2. The highest BCUT2D eigenvalue weighted by Crippen LogP contribution is 2.44. The SMILES string of the molecule is CN1Sc2ccccc2C(NC(=O)C2(C(=O)NCCCCN=C(N)N)CCCC2)c2ccccc21. The van der Waals surface area contributed by atoms with Crippen LogP contribution >= 0.6 is 11.9 Å². The molecule has 35 heavy (non-hydrogen) atoms. The van der Waals surface area contributed by atoms with E-state index in [0.717, 1.165) is 47.4 Å². The molecule has 186 valence electrons. The quantitative estimate of drug-likeness (QED) is 0.147. The maximum absolute atomic E-state index is 13.9. The average molecular weight is 495 g/mol. The number of hydrogen-bond acceptors (Lipinski definition) is 5. The van der Waals surface area contributed by atoms with Crippen LogP contribution in [0, 0.1) is 5.41 Å². The van der Waals surface area contributed by atoms with Crippen LogP contribution in [-0.4, -0.2) is 37.9 Å². The van der Waals surface area contributed by atoms with E-state index in [1.807, 2.05) is 31.3 Å². The topological polar surface area (TPSA) is 126 Å². The third kappa shape index (κ3) is 5.40. The minimum absolute atomic E-state index is 0.0712. The summed E-state index contributed by atoms with van der Waals surface area (Å²) in [5.74, 6) is -0.310. The number of rotatable bonds is 8. The molecule has 6 N–H and O–H groups in total. The van der Waals surface area contributed by atoms with Crippen LogP contribution in [0.1, 0.15) is 55.7 Å². The van der Waals surface area contributed by atoms with Crippen molar-refractivity contribution in [3.63, 3.8) is 0 Å². The summed E-state index contributed by atoms with van der Waals surface area (Å²) in [4.78, 5) is 32.3. The minimum Gasteiger partial charge on any atom is -0.370 e. The van der Waals surface area contributed by atoms with Crippen molar-refractivity contribution in [3.05, 3.63) is 59.7 Å². The molecule has 1 saturated carbocycles. The van der Waals surface area contributed by atoms with Gasteiger partial charge in [-0.25, -0.2) is 0 Å². The first kappa shape index (κ1) is 24.9. The second kappa shape index (κ2) is 11.0. The number of hydrogen-bond donors (Lipinski definition) is 4. The number of amides is 2. The van der Waals surface area contributed by atoms with E-state index in [9.17, 15) is 9.59 Å². The molecule has 2 aliphatic rings. The second-order valence-corrected chi connectivity index (χ2v) is 10.3. The van der Waals surface area contributed by atoms with Crippen LogP contribution in [-0.2, 0) is 9.59 Å². The van der Waals surface area contributed by atoms with E-state index in [2.05, 4.69) is 44.2 Å². The molecule has 1 aliphatic heterocycles. The van der Waals surface area contributed by atoms with Gasteiger partial charge in [-0.05, 0) is 55.3 Å². The van der Waals surface area contributed by atoms with Crippen LogP contribution in [0.5, 0.6) is 0 Å². The Labute approximate surface area is 211 Å². The molecule has 9 heteroatoms. The number of nitrogens with two attached hydrogens (primary N) is 2. The average Bonchev–Trinajstić information content (AvgIpc) is 3.32. The summed E-state index contributed by atoms with van der Waals surface area (Å²) in [6, 6.07) is 15.9. The van der Waals surface area contributed by atoms with Crippen LogP contribution in [0.3, 0.4) is 0 Å². The summed E-state index contributed by atoms with van der Waals surface area (Å²) in [7, 11) is 2.03. The van der Waals surface area contributed by atoms with Gasteiger partial charge in [-0.1, -0.05) is 49.2 Å². The molecule has 1 unspecified atom stereocenters. The highest BCUT2D eigenvalue weighted by molar-refractivity contribution is 8.00. The zero-order valence-electron chi connectivity index (χ0n) is 20.1. The lowest BCUT2D eigenvalue weighted by Gasteiger charge is -2.30. The fourth-order valence-corrected chi connectivity index (χ4v) is 5.95. The summed E-state index contributed by atoms with van der Waals surface area (Å²) < 4.78 is 2.13. The van der Waals surface area contributed by atoms with E-state index in [-0.39, 0.29) is 23.8 Å². The Balaban J connectivity index is 1.54. The number of fused-ring (bicyclic) bond motifs is 2. The molecule has 0 spiro atoms. The molecule has 1 atom stereocenters. The van der Waals surface area contributed by atoms with Crippen molar-refractivity contribution in [1.82, 2.24) is 10.6 Å². The first-order valence-corrected chi connectivity index (χ1v) is 12.9. The Morgan fingerprint density at radius 3 is 2.46 bits per heavy atom. The molecular weight excluding hydrogens is 460 g/mol. The van der Waals surface area contributed by atoms with Crippen molar-refractivity contribution in [2.24, 2.45) is 21.9 Å². The Bertz CT molecular complexity index is 1090. The number of benzene rings is 2. The second-order valence-electron chi connectivity index (χ2n) is 9.15. The Hall–Kier alpha value is -3.20. The maximum Gasteiger partial charge on any atom is 0.236 e. The molecule has 0 aromatic heterocycles. The van der Waals surface area contributed by atoms with Crippen LogP contribution in [0.25, 0.3) is 0 Å². The fourth-order valence-electron chi connectivity index (χ4n) is 4.96. The number of para-hydroxylation sites is 1. The van der Waals surface area contributed by atoms with Crippen LogP contribution in [0.2, 0.25) is 0 Å². The van der Waals surface area contributed by atoms with Crippen LogP contribution in [0.4, 0.5) is 5.69 Å². The summed E-state index contributed by atoms with van der Waals surface area (Å²) in [5, 5.41) is 6.30. The van der Waals surface area contributed by atoms with Crippen molar-refractivity contribution >= 4 is 35.4 Å². The smallest absolute Gasteiger partial charge is 0.236 e. The summed E-state index contributed by atoms with van der Waals surface area (Å²) in [6.45, 7) is 1.02. The van der Waals surface area contributed by atoms with E-state index in [1.165, 1.54) is 0 Å². The Morgan fingerprint density at radius 2 is 1.71 bits per heavy atom. The maximum atomic E-state index is 13.9. The molecule has 1 heterocycles. The van der Waals surface area contributed by atoms with E-state index < -0.39 is 5.41 Å². The lowest BCUT2D eigenvalue weighted by molar-refractivity contribution is -0.143. The number of guanidine groups is 1. The number of unbranched alkanes of at least 4 members (excludes halogenated alkanes) is 1. The Kier molecular flexibility index (Phi) is 7.85. The molecule has 2 aromatic rings. The molecule has 0 saturated heterocycles. The number of anilines is 1. The zero-order valence-corrected chi connectivity index (χ0v) is 20.9. The van der Waals surface area contributed by atoms with Gasteiger partial charge in [-0.15, -0.1) is 0 Å². The summed E-state index contributed by atoms with van der Waals surface area (Å²) in [5.41, 5.74) is 12.8. The standard InChI is InChI=1S/C26H34N6O2S/c1-32-20-12-4-2-10-18(20)22(19-11-3-5-13-21(19)35-32)31-24(34)26(14-6-7-15-26)23(33)29-16-8-9-17-30-25(27)28/h2-5,10-13,22H,6-9,14-17H2,1H3,(H,29,33)(H,31,34)(H4,27,28,30). The molecule has 0 bridgehead atoms. The van der Waals surface area contributed by atoms with Gasteiger partial charge in [-0.3, -0.25) is 14.6 Å². The van der Waals surface area contributed by atoms with E-state index in [4.69, 9.17) is 11.5 Å². The molecule has 1 aliphatic carbocycles. The number of carbonyl (C=O) groups excluding carboxylic acids is 2. The van der Waals surface area contributed by atoms with Gasteiger partial charge >= 0.3 is 0 Å². The van der Waals surface area contributed by atoms with Crippen molar-refractivity contribution < 1.29 is 9.59 Å². The highest BCUT2D eigenvalue weighted by atomic mass is 32.2. The normalized spacial score (nSPS) is 18.1. The molecule has 2 amide bonds. The molecular formula is C26H34N6O2S. The van der Waals surface area contributed by atoms with E-state index >= 15 is 0 Å². The zero-order chi connectivity index (χ0) is 24.8. The lowest BCUT2D eigenvalue weighted by Crippen LogP contribution is -2.51. The van der Waals surface area contributed by atoms with Gasteiger partial charge in [0.05, 0.1) is 11.7 Å². The van der Waals surface area contributed by atoms with Crippen LogP contribution in [0.15, 0.2) is 58.4 Å². The third-order valence-corrected chi connectivity index (χ3v) is 7.86. The summed E-state index contributed by atoms with van der Waals surface area (Å²) in [6.07, 6.45) is 4.35. The van der Waals surface area contributed by atoms with Crippen molar-refractivity contribution in [2.45, 2.75) is 49.5 Å². The first-order valence-electron chi connectivity index (χ1n) is 12.2. The number of aliphatic imine (C=N–C) groups is 1. The Morgan fingerprint density at radius 1 is 1.03 bits per heavy atom. The lowest BCUT2D eigenvalue weighted by atomic mass is 9.83. The summed E-state index contributed by atoms with van der Waals surface area (Å²) >= 11 is 1.64. The van der Waals surface area contributed by atoms with E-state index in [0.29, 0.717) is 25.9 Å². The van der Waals surface area contributed by atoms with Gasteiger partial charge in [0.25, 0.3) is 0 Å². The van der Waals surface area contributed by atoms with Gasteiger partial charge in [-0.2, -0.15) is 0 Å². The van der Waals surface area contributed by atoms with Gasteiger partial charge in [0, 0.05) is 30.6 Å². The van der Waals surface area contributed by atoms with E-state index in [1.54, 1.807) is 11.9 Å².